The van der Waals surface area contributed by atoms with Crippen LogP contribution < -0.4 is 11.1 Å². The molecule has 0 fully saturated rings. The molecule has 0 spiro atoms. The summed E-state index contributed by atoms with van der Waals surface area (Å²) < 4.78 is 1.05. The highest BCUT2D eigenvalue weighted by Gasteiger charge is 2.16. The number of nitrogens with one attached hydrogen (secondary N) is 2. The average Bonchev–Trinajstić information content (AvgIpc) is 3.16. The Morgan fingerprint density at radius 1 is 1.50 bits per heavy atom. The van der Waals surface area contributed by atoms with E-state index >= 15 is 0 Å². The summed E-state index contributed by atoms with van der Waals surface area (Å²) in [4.78, 5) is 18.6. The van der Waals surface area contributed by atoms with E-state index in [0.717, 1.165) is 32.0 Å². The van der Waals surface area contributed by atoms with Crippen LogP contribution in [0.4, 0.5) is 11.5 Å². The summed E-state index contributed by atoms with van der Waals surface area (Å²) in [5.41, 5.74) is 9.85. The summed E-state index contributed by atoms with van der Waals surface area (Å²) in [6, 6.07) is 3.78. The number of pyridine rings is 1. The second kappa shape index (κ2) is 6.48. The van der Waals surface area contributed by atoms with Gasteiger partial charge in [-0.25, -0.2) is 4.98 Å². The summed E-state index contributed by atoms with van der Waals surface area (Å²) in [6.07, 6.45) is 1.73. The van der Waals surface area contributed by atoms with Crippen LogP contribution in [0.25, 0.3) is 20.8 Å². The van der Waals surface area contributed by atoms with Crippen LogP contribution in [0.3, 0.4) is 0 Å². The van der Waals surface area contributed by atoms with E-state index in [4.69, 9.17) is 5.73 Å². The molecular formula is C16H20N6OS. The van der Waals surface area contributed by atoms with Crippen LogP contribution in [0.1, 0.15) is 12.5 Å². The number of aryl methyl sites for hydroxylation is 1. The standard InChI is InChI=1S/C16H20N6OS/c1-9-14-16(24-15(9)11-4-5-19-21-11)12(8-13(17)20-14)18-6-7-22(3)10(2)23/h4-5,8H,6-7H2,1-3H3,(H,19,21)(H3,17,18,20). The number of carbonyl (C=O) groups excluding carboxylic acids is 1. The van der Waals surface area contributed by atoms with Gasteiger partial charge < -0.3 is 16.0 Å². The Bertz CT molecular complexity index is 870. The molecule has 24 heavy (non-hydrogen) atoms. The van der Waals surface area contributed by atoms with E-state index in [2.05, 4.69) is 20.5 Å². The molecule has 0 bridgehead atoms. The van der Waals surface area contributed by atoms with Crippen LogP contribution in [0.2, 0.25) is 0 Å². The highest BCUT2D eigenvalue weighted by molar-refractivity contribution is 7.23. The molecule has 3 rings (SSSR count). The number of aromatic nitrogens is 3. The third kappa shape index (κ3) is 3.05. The van der Waals surface area contributed by atoms with Crippen molar-refractivity contribution in [1.82, 2.24) is 20.1 Å². The zero-order valence-corrected chi connectivity index (χ0v) is 14.7. The fourth-order valence-electron chi connectivity index (χ4n) is 2.48. The Labute approximate surface area is 143 Å². The molecule has 0 aliphatic carbocycles. The molecule has 3 heterocycles. The van der Waals surface area contributed by atoms with Crippen molar-refractivity contribution in [3.8, 4) is 10.6 Å². The minimum Gasteiger partial charge on any atom is -0.384 e. The van der Waals surface area contributed by atoms with E-state index in [1.807, 2.05) is 19.1 Å². The van der Waals surface area contributed by atoms with Gasteiger partial charge >= 0.3 is 0 Å². The number of nitrogen functional groups attached to an aromatic ring is 1. The van der Waals surface area contributed by atoms with Gasteiger partial charge in [0.25, 0.3) is 0 Å². The molecule has 1 amide bonds. The van der Waals surface area contributed by atoms with Crippen molar-refractivity contribution < 1.29 is 4.79 Å². The number of likely N-dealkylation sites (N-methyl/N-ethyl adjacent to an activating group) is 1. The molecule has 0 aliphatic rings. The van der Waals surface area contributed by atoms with Gasteiger partial charge in [-0.15, -0.1) is 11.3 Å². The second-order valence-corrected chi connectivity index (χ2v) is 6.69. The number of amides is 1. The van der Waals surface area contributed by atoms with Gasteiger partial charge in [0.2, 0.25) is 5.91 Å². The summed E-state index contributed by atoms with van der Waals surface area (Å²) in [7, 11) is 1.78. The number of anilines is 2. The summed E-state index contributed by atoms with van der Waals surface area (Å²) in [5.74, 6) is 0.520. The number of H-pyrrole nitrogens is 1. The van der Waals surface area contributed by atoms with E-state index in [1.54, 1.807) is 36.4 Å². The number of aromatic amines is 1. The first-order chi connectivity index (χ1) is 11.5. The first-order valence-corrected chi connectivity index (χ1v) is 8.44. The molecular weight excluding hydrogens is 324 g/mol. The summed E-state index contributed by atoms with van der Waals surface area (Å²) >= 11 is 1.65. The Kier molecular flexibility index (Phi) is 4.39. The summed E-state index contributed by atoms with van der Waals surface area (Å²) in [6.45, 7) is 4.86. The topological polar surface area (TPSA) is 99.9 Å². The Balaban J connectivity index is 1.93. The van der Waals surface area contributed by atoms with Crippen molar-refractivity contribution in [2.24, 2.45) is 0 Å². The number of thiophene rings is 1. The van der Waals surface area contributed by atoms with Gasteiger partial charge in [0.15, 0.2) is 0 Å². The lowest BCUT2D eigenvalue weighted by Gasteiger charge is -2.16. The maximum absolute atomic E-state index is 11.3. The molecule has 0 aliphatic heterocycles. The van der Waals surface area contributed by atoms with Gasteiger partial charge in [0, 0.05) is 39.3 Å². The number of carbonyl (C=O) groups is 1. The lowest BCUT2D eigenvalue weighted by molar-refractivity contribution is -0.127. The number of fused-ring (bicyclic) bond motifs is 1. The maximum Gasteiger partial charge on any atom is 0.219 e. The molecule has 126 valence electrons. The predicted octanol–water partition coefficient (Wildman–Crippen LogP) is 2.47. The Morgan fingerprint density at radius 3 is 2.96 bits per heavy atom. The Morgan fingerprint density at radius 2 is 2.29 bits per heavy atom. The van der Waals surface area contributed by atoms with Crippen molar-refractivity contribution in [3.05, 3.63) is 23.9 Å². The molecule has 0 aromatic carbocycles. The number of rotatable bonds is 5. The average molecular weight is 344 g/mol. The predicted molar refractivity (Wildman–Crippen MR) is 98.2 cm³/mol. The van der Waals surface area contributed by atoms with Crippen molar-refractivity contribution in [2.75, 3.05) is 31.2 Å². The fraction of sp³-hybridized carbons (Fsp3) is 0.312. The maximum atomic E-state index is 11.3. The fourth-order valence-corrected chi connectivity index (χ4v) is 3.70. The summed E-state index contributed by atoms with van der Waals surface area (Å²) in [5, 5.41) is 10.4. The van der Waals surface area contributed by atoms with Crippen LogP contribution in [0.5, 0.6) is 0 Å². The molecule has 8 heteroatoms. The molecule has 0 radical (unpaired) electrons. The van der Waals surface area contributed by atoms with E-state index in [0.29, 0.717) is 18.9 Å². The monoisotopic (exact) mass is 344 g/mol. The molecule has 3 aromatic rings. The molecule has 0 saturated heterocycles. The van der Waals surface area contributed by atoms with E-state index in [1.165, 1.54) is 0 Å². The van der Waals surface area contributed by atoms with Crippen LogP contribution in [-0.2, 0) is 4.79 Å². The third-order valence-corrected chi connectivity index (χ3v) is 5.29. The zero-order chi connectivity index (χ0) is 17.3. The van der Waals surface area contributed by atoms with Gasteiger partial charge in [0.05, 0.1) is 26.5 Å². The Hall–Kier alpha value is -2.61. The first kappa shape index (κ1) is 16.3. The van der Waals surface area contributed by atoms with Crippen molar-refractivity contribution in [1.29, 1.82) is 0 Å². The smallest absolute Gasteiger partial charge is 0.219 e. The highest BCUT2D eigenvalue weighted by atomic mass is 32.1. The van der Waals surface area contributed by atoms with Gasteiger partial charge in [-0.2, -0.15) is 5.10 Å². The first-order valence-electron chi connectivity index (χ1n) is 7.62. The number of hydrogen-bond acceptors (Lipinski definition) is 6. The van der Waals surface area contributed by atoms with E-state index in [-0.39, 0.29) is 5.91 Å². The van der Waals surface area contributed by atoms with Crippen LogP contribution in [0, 0.1) is 6.92 Å². The third-order valence-electron chi connectivity index (χ3n) is 3.94. The molecule has 7 nitrogen and oxygen atoms in total. The van der Waals surface area contributed by atoms with Crippen molar-refractivity contribution in [2.45, 2.75) is 13.8 Å². The van der Waals surface area contributed by atoms with E-state index in [9.17, 15) is 4.79 Å². The van der Waals surface area contributed by atoms with Gasteiger partial charge in [-0.3, -0.25) is 9.89 Å². The number of nitrogens with two attached hydrogens (primary N) is 1. The van der Waals surface area contributed by atoms with Crippen LogP contribution >= 0.6 is 11.3 Å². The zero-order valence-electron chi connectivity index (χ0n) is 13.9. The molecule has 3 aromatic heterocycles. The lowest BCUT2D eigenvalue weighted by Crippen LogP contribution is -2.29. The van der Waals surface area contributed by atoms with Gasteiger partial charge in [-0.05, 0) is 18.6 Å². The van der Waals surface area contributed by atoms with Gasteiger partial charge in [-0.1, -0.05) is 0 Å². The number of nitrogens with zero attached hydrogens (tertiary/aromatic N) is 3. The SMILES string of the molecule is CC(=O)N(C)CCNc1cc(N)nc2c(C)c(-c3ccn[nH]3)sc12. The van der Waals surface area contributed by atoms with Crippen LogP contribution in [0.15, 0.2) is 18.3 Å². The van der Waals surface area contributed by atoms with E-state index < -0.39 is 0 Å². The van der Waals surface area contributed by atoms with Crippen molar-refractivity contribution >= 4 is 39.0 Å². The largest absolute Gasteiger partial charge is 0.384 e. The molecule has 0 unspecified atom stereocenters. The quantitative estimate of drug-likeness (QED) is 0.660. The van der Waals surface area contributed by atoms with Gasteiger partial charge in [0.1, 0.15) is 5.82 Å². The molecule has 4 N–H and O–H groups in total. The molecule has 0 saturated carbocycles. The second-order valence-electron chi connectivity index (χ2n) is 5.67. The normalized spacial score (nSPS) is 11.0. The van der Waals surface area contributed by atoms with Crippen molar-refractivity contribution in [3.63, 3.8) is 0 Å². The lowest BCUT2D eigenvalue weighted by atomic mass is 10.2. The van der Waals surface area contributed by atoms with Crippen LogP contribution in [-0.4, -0.2) is 46.1 Å². The minimum atomic E-state index is 0.0460. The number of hydrogen-bond donors (Lipinski definition) is 3. The minimum absolute atomic E-state index is 0.0460. The highest BCUT2D eigenvalue weighted by Crippen LogP contribution is 2.40. The molecule has 0 atom stereocenters.